The normalized spacial score (nSPS) is 20.9. The second-order valence-electron chi connectivity index (χ2n) is 4.41. The van der Waals surface area contributed by atoms with Gasteiger partial charge in [0.15, 0.2) is 15.7 Å². The summed E-state index contributed by atoms with van der Waals surface area (Å²) in [7, 11) is -3.14. The molecule has 19 heavy (non-hydrogen) atoms. The molecule has 3 rings (SSSR count). The van der Waals surface area contributed by atoms with Crippen LogP contribution in [-0.4, -0.2) is 34.8 Å². The van der Waals surface area contributed by atoms with Crippen LogP contribution < -0.4 is 5.32 Å². The van der Waals surface area contributed by atoms with Crippen molar-refractivity contribution in [2.75, 3.05) is 5.75 Å². The summed E-state index contributed by atoms with van der Waals surface area (Å²) in [6, 6.07) is 7.10. The Balaban J connectivity index is 1.84. The third-order valence-electron chi connectivity index (χ3n) is 3.20. The summed E-state index contributed by atoms with van der Waals surface area (Å²) < 4.78 is 24.0. The molecule has 8 heteroatoms. The highest BCUT2D eigenvalue weighted by molar-refractivity contribution is 7.91. The summed E-state index contributed by atoms with van der Waals surface area (Å²) in [5.74, 6) is 0.722. The van der Waals surface area contributed by atoms with E-state index in [1.54, 1.807) is 12.1 Å². The molecule has 0 bridgehead atoms. The van der Waals surface area contributed by atoms with Crippen molar-refractivity contribution in [3.8, 4) is 0 Å². The molecule has 2 N–H and O–H groups in total. The van der Waals surface area contributed by atoms with Crippen LogP contribution in [0.1, 0.15) is 23.9 Å². The van der Waals surface area contributed by atoms with E-state index in [1.165, 1.54) is 0 Å². The van der Waals surface area contributed by atoms with Crippen LogP contribution >= 0.6 is 0 Å². The first-order valence-electron chi connectivity index (χ1n) is 5.94. The van der Waals surface area contributed by atoms with E-state index in [9.17, 15) is 8.42 Å². The lowest BCUT2D eigenvalue weighted by molar-refractivity contribution is 0.484. The van der Waals surface area contributed by atoms with E-state index in [1.807, 2.05) is 12.1 Å². The zero-order chi connectivity index (χ0) is 13.3. The molecule has 0 saturated carbocycles. The van der Waals surface area contributed by atoms with Gasteiger partial charge in [-0.1, -0.05) is 23.4 Å². The van der Waals surface area contributed by atoms with Crippen LogP contribution in [0.4, 0.5) is 0 Å². The summed E-state index contributed by atoms with van der Waals surface area (Å²) in [6.07, 6.45) is 0.553. The van der Waals surface area contributed by atoms with E-state index in [-0.39, 0.29) is 11.8 Å². The van der Waals surface area contributed by atoms with Crippen LogP contribution in [0.25, 0.3) is 0 Å². The smallest absolute Gasteiger partial charge is 0.188 e. The highest BCUT2D eigenvalue weighted by Gasteiger charge is 2.29. The number of fused-ring (bicyclic) bond motifs is 1. The second-order valence-corrected chi connectivity index (χ2v) is 6.48. The van der Waals surface area contributed by atoms with Gasteiger partial charge >= 0.3 is 0 Å². The van der Waals surface area contributed by atoms with Crippen LogP contribution in [0, 0.1) is 0 Å². The molecule has 0 aliphatic carbocycles. The monoisotopic (exact) mass is 279 g/mol. The van der Waals surface area contributed by atoms with Gasteiger partial charge in [-0.25, -0.2) is 8.42 Å². The zero-order valence-corrected chi connectivity index (χ0v) is 10.9. The van der Waals surface area contributed by atoms with Gasteiger partial charge in [0.2, 0.25) is 0 Å². The van der Waals surface area contributed by atoms with Crippen molar-refractivity contribution in [3.63, 3.8) is 0 Å². The van der Waals surface area contributed by atoms with Crippen molar-refractivity contribution in [1.82, 2.24) is 25.9 Å². The van der Waals surface area contributed by atoms with Crippen molar-refractivity contribution in [3.05, 3.63) is 35.7 Å². The first kappa shape index (κ1) is 12.2. The number of nitrogens with zero attached hydrogens (tertiary/aromatic N) is 3. The molecule has 1 aliphatic rings. The number of aromatic nitrogens is 4. The van der Waals surface area contributed by atoms with E-state index in [0.717, 1.165) is 5.56 Å². The Morgan fingerprint density at radius 3 is 3.00 bits per heavy atom. The van der Waals surface area contributed by atoms with Gasteiger partial charge < -0.3 is 5.32 Å². The van der Waals surface area contributed by atoms with Crippen LogP contribution in [-0.2, 0) is 16.4 Å². The Kier molecular flexibility index (Phi) is 3.03. The standard InChI is InChI=1S/C11H13N5O2S/c17-19(18)6-5-9(8-3-1-2-4-10(8)19)12-7-11-13-15-16-14-11/h1-4,9,12H,5-7H2,(H,13,14,15,16). The molecular formula is C11H13N5O2S. The van der Waals surface area contributed by atoms with Gasteiger partial charge in [-0.3, -0.25) is 0 Å². The maximum atomic E-state index is 12.0. The molecule has 1 atom stereocenters. The Morgan fingerprint density at radius 1 is 1.37 bits per heavy atom. The molecule has 1 aliphatic heterocycles. The number of sulfone groups is 1. The zero-order valence-electron chi connectivity index (χ0n) is 10.1. The van der Waals surface area contributed by atoms with Gasteiger partial charge in [-0.05, 0) is 18.1 Å². The van der Waals surface area contributed by atoms with Gasteiger partial charge in [-0.2, -0.15) is 5.21 Å². The number of rotatable bonds is 3. The lowest BCUT2D eigenvalue weighted by Crippen LogP contribution is -2.29. The average molecular weight is 279 g/mol. The molecule has 0 amide bonds. The number of nitrogens with one attached hydrogen (secondary N) is 2. The van der Waals surface area contributed by atoms with E-state index in [4.69, 9.17) is 0 Å². The molecule has 7 nitrogen and oxygen atoms in total. The maximum Gasteiger partial charge on any atom is 0.188 e. The SMILES string of the molecule is O=S1(=O)CCC(NCc2nn[nH]n2)c2ccccc21. The number of H-pyrrole nitrogens is 1. The quantitative estimate of drug-likeness (QED) is 0.833. The summed E-state index contributed by atoms with van der Waals surface area (Å²) >= 11 is 0. The topological polar surface area (TPSA) is 101 Å². The van der Waals surface area contributed by atoms with E-state index in [0.29, 0.717) is 23.7 Å². The van der Waals surface area contributed by atoms with Crippen molar-refractivity contribution in [2.45, 2.75) is 23.9 Å². The molecule has 0 spiro atoms. The molecule has 2 aromatic rings. The van der Waals surface area contributed by atoms with Crippen LogP contribution in [0.5, 0.6) is 0 Å². The summed E-state index contributed by atoms with van der Waals surface area (Å²) in [5, 5.41) is 16.8. The third kappa shape index (κ3) is 2.36. The fourth-order valence-electron chi connectivity index (χ4n) is 2.27. The minimum atomic E-state index is -3.14. The maximum absolute atomic E-state index is 12.0. The molecule has 0 saturated heterocycles. The van der Waals surface area contributed by atoms with Gasteiger partial charge in [0.05, 0.1) is 17.2 Å². The van der Waals surface area contributed by atoms with Crippen LogP contribution in [0.15, 0.2) is 29.2 Å². The van der Waals surface area contributed by atoms with Crippen molar-refractivity contribution in [2.24, 2.45) is 0 Å². The van der Waals surface area contributed by atoms with Gasteiger partial charge in [0, 0.05) is 6.04 Å². The van der Waals surface area contributed by atoms with Gasteiger partial charge in [0.1, 0.15) is 0 Å². The first-order valence-corrected chi connectivity index (χ1v) is 7.59. The summed E-state index contributed by atoms with van der Waals surface area (Å²) in [6.45, 7) is 0.454. The highest BCUT2D eigenvalue weighted by atomic mass is 32.2. The van der Waals surface area contributed by atoms with Crippen LogP contribution in [0.2, 0.25) is 0 Å². The Hall–Kier alpha value is -1.80. The van der Waals surface area contributed by atoms with Crippen molar-refractivity contribution < 1.29 is 8.42 Å². The number of tetrazole rings is 1. The van der Waals surface area contributed by atoms with Gasteiger partial charge in [0.25, 0.3) is 0 Å². The van der Waals surface area contributed by atoms with Crippen LogP contribution in [0.3, 0.4) is 0 Å². The molecule has 1 unspecified atom stereocenters. The molecule has 0 fully saturated rings. The second kappa shape index (κ2) is 4.71. The van der Waals surface area contributed by atoms with E-state index < -0.39 is 9.84 Å². The molecule has 100 valence electrons. The van der Waals surface area contributed by atoms with E-state index in [2.05, 4.69) is 25.9 Å². The molecular weight excluding hydrogens is 266 g/mol. The molecule has 1 aromatic heterocycles. The first-order chi connectivity index (χ1) is 9.17. The fraction of sp³-hybridized carbons (Fsp3) is 0.364. The Labute approximate surface area is 110 Å². The summed E-state index contributed by atoms with van der Waals surface area (Å²) in [4.78, 5) is 0.423. The minimum Gasteiger partial charge on any atom is -0.303 e. The minimum absolute atomic E-state index is 0.00164. The number of aromatic amines is 1. The predicted molar refractivity (Wildman–Crippen MR) is 66.9 cm³/mol. The Bertz CT molecular complexity index is 668. The fourth-order valence-corrected chi connectivity index (χ4v) is 3.90. The molecule has 0 radical (unpaired) electrons. The highest BCUT2D eigenvalue weighted by Crippen LogP contribution is 2.31. The Morgan fingerprint density at radius 2 is 2.21 bits per heavy atom. The van der Waals surface area contributed by atoms with E-state index >= 15 is 0 Å². The summed E-state index contributed by atoms with van der Waals surface area (Å²) in [5.41, 5.74) is 0.817. The number of hydrogen-bond donors (Lipinski definition) is 2. The molecule has 1 aromatic carbocycles. The van der Waals surface area contributed by atoms with Crippen molar-refractivity contribution in [1.29, 1.82) is 0 Å². The number of hydrogen-bond acceptors (Lipinski definition) is 6. The van der Waals surface area contributed by atoms with Crippen molar-refractivity contribution >= 4 is 9.84 Å². The lowest BCUT2D eigenvalue weighted by atomic mass is 10.0. The predicted octanol–water partition coefficient (Wildman–Crippen LogP) is 0.208. The molecule has 2 heterocycles. The number of benzene rings is 1. The lowest BCUT2D eigenvalue weighted by Gasteiger charge is -2.25. The average Bonchev–Trinajstić information content (AvgIpc) is 2.91. The largest absolute Gasteiger partial charge is 0.303 e. The van der Waals surface area contributed by atoms with Gasteiger partial charge in [-0.15, -0.1) is 10.2 Å². The third-order valence-corrected chi connectivity index (χ3v) is 5.02.